The number of allylic oxidation sites excluding steroid dienone is 1. The van der Waals surface area contributed by atoms with Gasteiger partial charge < -0.3 is 19.7 Å². The lowest BCUT2D eigenvalue weighted by molar-refractivity contribution is -0.137. The molecular weight excluding hydrogens is 488 g/mol. The van der Waals surface area contributed by atoms with Crippen molar-refractivity contribution in [1.29, 1.82) is 0 Å². The summed E-state index contributed by atoms with van der Waals surface area (Å²) in [7, 11) is 0. The van der Waals surface area contributed by atoms with Crippen molar-refractivity contribution in [3.63, 3.8) is 0 Å². The molecule has 1 amide bonds. The van der Waals surface area contributed by atoms with Gasteiger partial charge in [-0.2, -0.15) is 0 Å². The molecule has 6 nitrogen and oxygen atoms in total. The van der Waals surface area contributed by atoms with Crippen LogP contribution in [-0.4, -0.2) is 28.2 Å². The summed E-state index contributed by atoms with van der Waals surface area (Å²) in [6, 6.07) is 16.4. The van der Waals surface area contributed by atoms with Crippen LogP contribution in [0.5, 0.6) is 5.75 Å². The van der Waals surface area contributed by atoms with Crippen LogP contribution in [0.2, 0.25) is 0 Å². The van der Waals surface area contributed by atoms with Crippen molar-refractivity contribution in [3.05, 3.63) is 66.4 Å². The highest BCUT2D eigenvalue weighted by atomic mass is 16.5. The van der Waals surface area contributed by atoms with E-state index in [0.29, 0.717) is 23.9 Å². The van der Waals surface area contributed by atoms with E-state index in [-0.39, 0.29) is 18.9 Å². The second-order valence-corrected chi connectivity index (χ2v) is 10.3. The second-order valence-electron chi connectivity index (χ2n) is 10.3. The highest BCUT2D eigenvalue weighted by Gasteiger charge is 2.14. The summed E-state index contributed by atoms with van der Waals surface area (Å²) in [5.74, 6) is -0.564. The first-order valence-corrected chi connectivity index (χ1v) is 14.5. The number of carbonyl (C=O) groups is 2. The molecule has 1 heterocycles. The minimum atomic E-state index is -0.852. The Labute approximate surface area is 233 Å². The van der Waals surface area contributed by atoms with Crippen molar-refractivity contribution in [1.82, 2.24) is 4.57 Å². The highest BCUT2D eigenvalue weighted by Crippen LogP contribution is 2.30. The van der Waals surface area contributed by atoms with Crippen LogP contribution in [0.25, 0.3) is 16.5 Å². The van der Waals surface area contributed by atoms with Crippen molar-refractivity contribution in [2.75, 3.05) is 11.9 Å². The van der Waals surface area contributed by atoms with Crippen LogP contribution in [0.3, 0.4) is 0 Å². The number of aromatic nitrogens is 1. The van der Waals surface area contributed by atoms with Gasteiger partial charge in [0.15, 0.2) is 0 Å². The van der Waals surface area contributed by atoms with Crippen molar-refractivity contribution < 1.29 is 19.4 Å². The Balaban J connectivity index is 1.70. The molecule has 0 aliphatic rings. The summed E-state index contributed by atoms with van der Waals surface area (Å²) in [6.45, 7) is 6.73. The Kier molecular flexibility index (Phi) is 12.1. The molecular formula is C33H44N2O4. The van der Waals surface area contributed by atoms with Crippen LogP contribution < -0.4 is 10.1 Å². The molecule has 0 aliphatic heterocycles. The Morgan fingerprint density at radius 1 is 0.974 bits per heavy atom. The lowest BCUT2D eigenvalue weighted by atomic mass is 10.0. The molecule has 3 aromatic rings. The largest absolute Gasteiger partial charge is 0.491 e. The number of benzene rings is 2. The zero-order valence-electron chi connectivity index (χ0n) is 23.7. The zero-order valence-corrected chi connectivity index (χ0v) is 23.7. The SMILES string of the molecule is CCCCCC(CCCCC)n1ccc2cc(/C(C)=C/C(=O)Nc3ccccc3OCCCC(=O)O)ccc21. The van der Waals surface area contributed by atoms with E-state index >= 15 is 0 Å². The molecule has 0 fully saturated rings. The number of amides is 1. The third kappa shape index (κ3) is 9.31. The summed E-state index contributed by atoms with van der Waals surface area (Å²) in [5.41, 5.74) is 3.71. The molecule has 1 aromatic heterocycles. The van der Waals surface area contributed by atoms with Crippen molar-refractivity contribution in [2.45, 2.75) is 91.0 Å². The maximum atomic E-state index is 12.9. The first kappa shape index (κ1) is 30.0. The van der Waals surface area contributed by atoms with E-state index in [9.17, 15) is 9.59 Å². The van der Waals surface area contributed by atoms with Crippen LogP contribution in [0.4, 0.5) is 5.69 Å². The van der Waals surface area contributed by atoms with Crippen LogP contribution in [-0.2, 0) is 9.59 Å². The summed E-state index contributed by atoms with van der Waals surface area (Å²) in [6.07, 6.45) is 14.3. The Bertz CT molecular complexity index is 1230. The number of unbranched alkanes of at least 4 members (excludes halogenated alkanes) is 4. The van der Waals surface area contributed by atoms with Crippen molar-refractivity contribution >= 4 is 34.0 Å². The highest BCUT2D eigenvalue weighted by molar-refractivity contribution is 6.04. The standard InChI is InChI=1S/C33H44N2O4/c1-4-6-8-13-28(14-9-7-5-2)35-21-20-27-24-26(18-19-30(27)35)25(3)23-32(36)34-29-15-10-11-16-31(29)39-22-12-17-33(37)38/h10-11,15-16,18-21,23-24,28H,4-9,12-14,17,22H2,1-3H3,(H,34,36)(H,37,38)/b25-23+. The minimum Gasteiger partial charge on any atom is -0.491 e. The van der Waals surface area contributed by atoms with E-state index in [0.717, 1.165) is 11.1 Å². The lowest BCUT2D eigenvalue weighted by Crippen LogP contribution is -2.11. The van der Waals surface area contributed by atoms with E-state index in [1.54, 1.807) is 18.2 Å². The number of hydrogen-bond acceptors (Lipinski definition) is 3. The number of hydrogen-bond donors (Lipinski definition) is 2. The maximum absolute atomic E-state index is 12.9. The molecule has 2 N–H and O–H groups in total. The van der Waals surface area contributed by atoms with Gasteiger partial charge in [-0.1, -0.05) is 70.6 Å². The molecule has 39 heavy (non-hydrogen) atoms. The Hall–Kier alpha value is -3.54. The zero-order chi connectivity index (χ0) is 28.0. The van der Waals surface area contributed by atoms with Crippen LogP contribution in [0.15, 0.2) is 60.8 Å². The van der Waals surface area contributed by atoms with E-state index < -0.39 is 5.97 Å². The quantitative estimate of drug-likeness (QED) is 0.135. The maximum Gasteiger partial charge on any atom is 0.303 e. The first-order chi connectivity index (χ1) is 18.9. The summed E-state index contributed by atoms with van der Waals surface area (Å²) < 4.78 is 8.17. The Morgan fingerprint density at radius 2 is 1.69 bits per heavy atom. The van der Waals surface area contributed by atoms with E-state index in [4.69, 9.17) is 9.84 Å². The van der Waals surface area contributed by atoms with Crippen LogP contribution >= 0.6 is 0 Å². The van der Waals surface area contributed by atoms with Crippen molar-refractivity contribution in [2.24, 2.45) is 0 Å². The average Bonchev–Trinajstić information content (AvgIpc) is 3.34. The predicted molar refractivity (Wildman–Crippen MR) is 160 cm³/mol. The van der Waals surface area contributed by atoms with Gasteiger partial charge in [0.2, 0.25) is 5.91 Å². The molecule has 0 saturated carbocycles. The number of ether oxygens (including phenoxy) is 1. The third-order valence-corrected chi connectivity index (χ3v) is 7.14. The second kappa shape index (κ2) is 15.8. The van der Waals surface area contributed by atoms with Gasteiger partial charge in [0.05, 0.1) is 12.3 Å². The number of nitrogens with one attached hydrogen (secondary N) is 1. The minimum absolute atomic E-state index is 0.0442. The molecule has 0 unspecified atom stereocenters. The Morgan fingerprint density at radius 3 is 2.38 bits per heavy atom. The molecule has 6 heteroatoms. The normalized spacial score (nSPS) is 11.7. The number of nitrogens with zero attached hydrogens (tertiary/aromatic N) is 1. The summed E-state index contributed by atoms with van der Waals surface area (Å²) >= 11 is 0. The van der Waals surface area contributed by atoms with Crippen molar-refractivity contribution in [3.8, 4) is 5.75 Å². The molecule has 0 spiro atoms. The predicted octanol–water partition coefficient (Wildman–Crippen LogP) is 8.63. The smallest absolute Gasteiger partial charge is 0.303 e. The topological polar surface area (TPSA) is 80.6 Å². The van der Waals surface area contributed by atoms with E-state index in [1.165, 1.54) is 62.3 Å². The van der Waals surface area contributed by atoms with Crippen LogP contribution in [0, 0.1) is 0 Å². The van der Waals surface area contributed by atoms with Gasteiger partial charge in [0, 0.05) is 35.6 Å². The average molecular weight is 533 g/mol. The van der Waals surface area contributed by atoms with Gasteiger partial charge in [-0.15, -0.1) is 0 Å². The molecule has 0 atom stereocenters. The van der Waals surface area contributed by atoms with Crippen LogP contribution in [0.1, 0.15) is 96.6 Å². The number of carbonyl (C=O) groups excluding carboxylic acids is 1. The van der Waals surface area contributed by atoms with E-state index in [2.05, 4.69) is 54.2 Å². The fraction of sp³-hybridized carbons (Fsp3) is 0.455. The summed E-state index contributed by atoms with van der Waals surface area (Å²) in [4.78, 5) is 23.6. The molecule has 3 rings (SSSR count). The fourth-order valence-electron chi connectivity index (χ4n) is 4.96. The van der Waals surface area contributed by atoms with Gasteiger partial charge in [-0.3, -0.25) is 9.59 Å². The van der Waals surface area contributed by atoms with E-state index in [1.807, 2.05) is 19.1 Å². The van der Waals surface area contributed by atoms with Gasteiger partial charge in [0.25, 0.3) is 0 Å². The first-order valence-electron chi connectivity index (χ1n) is 14.5. The third-order valence-electron chi connectivity index (χ3n) is 7.14. The van der Waals surface area contributed by atoms with Gasteiger partial charge in [-0.05, 0) is 67.7 Å². The number of anilines is 1. The monoisotopic (exact) mass is 532 g/mol. The number of fused-ring (bicyclic) bond motifs is 1. The molecule has 0 bridgehead atoms. The molecule has 210 valence electrons. The molecule has 0 aliphatic carbocycles. The molecule has 0 radical (unpaired) electrons. The lowest BCUT2D eigenvalue weighted by Gasteiger charge is -2.20. The number of para-hydroxylation sites is 2. The van der Waals surface area contributed by atoms with Gasteiger partial charge in [0.1, 0.15) is 5.75 Å². The number of carboxylic acid groups (broad SMARTS) is 1. The number of rotatable bonds is 17. The fourth-order valence-corrected chi connectivity index (χ4v) is 4.96. The summed E-state index contributed by atoms with van der Waals surface area (Å²) in [5, 5.41) is 12.9. The number of carboxylic acids is 1. The number of aliphatic carboxylic acids is 1. The molecule has 2 aromatic carbocycles. The van der Waals surface area contributed by atoms with Gasteiger partial charge in [-0.25, -0.2) is 0 Å². The molecule has 0 saturated heterocycles. The van der Waals surface area contributed by atoms with Gasteiger partial charge >= 0.3 is 5.97 Å².